The van der Waals surface area contributed by atoms with E-state index in [9.17, 15) is 49.8 Å². The number of unbranched alkanes of at least 4 members (excludes halogenated alkanes) is 2. The van der Waals surface area contributed by atoms with Crippen LogP contribution in [0.5, 0.6) is 5.75 Å². The molecule has 17 nitrogen and oxygen atoms in total. The SMILES string of the molecule is CCC(CCCCC(=O)CCCCC1CCC(=O)O1)O[C@@H]1O[C@H](CO[C@@H]2O[C@H](CO)[C@@H](O)[C@H](O)[C@H]2O)[C@H](OC(=O)/C=C/c2ccc(O)cc2)[C@H](OC(C)=O)[C@H]1O. The molecule has 3 saturated heterocycles. The molecule has 0 bridgehead atoms. The van der Waals surface area contributed by atoms with Gasteiger partial charge in [-0.15, -0.1) is 0 Å². The van der Waals surface area contributed by atoms with E-state index in [1.807, 2.05) is 6.92 Å². The normalized spacial score (nSPS) is 31.2. The third kappa shape index (κ3) is 13.6. The lowest BCUT2D eigenvalue weighted by Gasteiger charge is -2.45. The molecule has 0 amide bonds. The Bertz CT molecular complexity index is 1430. The summed E-state index contributed by atoms with van der Waals surface area (Å²) in [7, 11) is 0. The summed E-state index contributed by atoms with van der Waals surface area (Å²) in [6, 6.07) is 5.95. The summed E-state index contributed by atoms with van der Waals surface area (Å²) in [5, 5.41) is 61.6. The number of cyclic esters (lactones) is 1. The highest BCUT2D eigenvalue weighted by Crippen LogP contribution is 2.31. The summed E-state index contributed by atoms with van der Waals surface area (Å²) in [5.74, 6) is -1.75. The van der Waals surface area contributed by atoms with E-state index in [-0.39, 0.29) is 23.6 Å². The zero-order valence-electron chi connectivity index (χ0n) is 31.8. The van der Waals surface area contributed by atoms with E-state index in [1.165, 1.54) is 18.2 Å². The standard InChI is InChI=1S/C39H56O17/c1-3-26(10-6-4-8-24(42)9-5-7-11-27-17-19-30(44)52-27)53-39-35(49)37(51-22(2)41)36(56-31(45)18-14-23-12-15-25(43)16-13-23)29(55-39)21-50-38-34(48)33(47)32(46)28(20-40)54-38/h12-16,18,26-29,32-40,43,46-49H,3-11,17,19-21H2,1-2H3/b18-14+/t26?,27?,28-,29-,32-,33+,34-,35-,36+,37-,38-,39-/m1/s1. The number of benzene rings is 1. The summed E-state index contributed by atoms with van der Waals surface area (Å²) in [4.78, 5) is 49.1. The minimum atomic E-state index is -1.76. The fraction of sp³-hybridized carbons (Fsp3) is 0.692. The number of rotatable bonds is 21. The second-order valence-electron chi connectivity index (χ2n) is 14.3. The van der Waals surface area contributed by atoms with Crippen molar-refractivity contribution in [3.05, 3.63) is 35.9 Å². The van der Waals surface area contributed by atoms with Crippen LogP contribution in [-0.2, 0) is 52.3 Å². The fourth-order valence-corrected chi connectivity index (χ4v) is 6.78. The minimum absolute atomic E-state index is 0.0234. The first-order chi connectivity index (χ1) is 26.8. The van der Waals surface area contributed by atoms with Gasteiger partial charge < -0.3 is 63.8 Å². The van der Waals surface area contributed by atoms with Crippen LogP contribution < -0.4 is 0 Å². The smallest absolute Gasteiger partial charge is 0.331 e. The number of hydrogen-bond acceptors (Lipinski definition) is 17. The molecule has 1 aromatic carbocycles. The molecule has 3 fully saturated rings. The van der Waals surface area contributed by atoms with Crippen LogP contribution >= 0.6 is 0 Å². The van der Waals surface area contributed by atoms with Crippen molar-refractivity contribution < 1.29 is 83.0 Å². The van der Waals surface area contributed by atoms with E-state index in [0.29, 0.717) is 50.5 Å². The number of aromatic hydroxyl groups is 1. The van der Waals surface area contributed by atoms with Gasteiger partial charge in [-0.2, -0.15) is 0 Å². The number of aliphatic hydroxyl groups is 5. The first-order valence-electron chi connectivity index (χ1n) is 19.3. The molecule has 0 aliphatic carbocycles. The van der Waals surface area contributed by atoms with Crippen LogP contribution in [0.3, 0.4) is 0 Å². The van der Waals surface area contributed by atoms with E-state index in [4.69, 9.17) is 33.2 Å². The van der Waals surface area contributed by atoms with Gasteiger partial charge in [0.15, 0.2) is 24.8 Å². The summed E-state index contributed by atoms with van der Waals surface area (Å²) < 4.78 is 39.8. The monoisotopic (exact) mass is 796 g/mol. The quantitative estimate of drug-likeness (QED) is 0.0444. The molecule has 314 valence electrons. The van der Waals surface area contributed by atoms with Crippen molar-refractivity contribution >= 4 is 29.8 Å². The molecule has 0 aromatic heterocycles. The summed E-state index contributed by atoms with van der Waals surface area (Å²) >= 11 is 0. The first kappa shape index (κ1) is 45.2. The van der Waals surface area contributed by atoms with Crippen LogP contribution in [0.25, 0.3) is 6.08 Å². The Morgan fingerprint density at radius 2 is 1.57 bits per heavy atom. The molecule has 17 heteroatoms. The van der Waals surface area contributed by atoms with Gasteiger partial charge in [0.1, 0.15) is 54.3 Å². The zero-order valence-corrected chi connectivity index (χ0v) is 31.8. The number of carbonyl (C=O) groups is 4. The van der Waals surface area contributed by atoms with Gasteiger partial charge in [-0.3, -0.25) is 14.4 Å². The van der Waals surface area contributed by atoms with Crippen molar-refractivity contribution in [1.82, 2.24) is 0 Å². The number of carbonyl (C=O) groups excluding carboxylic acids is 4. The Hall–Kier alpha value is -3.52. The van der Waals surface area contributed by atoms with Gasteiger partial charge in [-0.05, 0) is 68.7 Å². The molecule has 6 N–H and O–H groups in total. The topological polar surface area (TPSA) is 254 Å². The molecule has 3 heterocycles. The molecular formula is C39H56O17. The molecule has 3 aliphatic heterocycles. The van der Waals surface area contributed by atoms with Gasteiger partial charge in [0.2, 0.25) is 0 Å². The minimum Gasteiger partial charge on any atom is -0.508 e. The van der Waals surface area contributed by atoms with Gasteiger partial charge in [0.05, 0.1) is 19.3 Å². The predicted molar refractivity (Wildman–Crippen MR) is 193 cm³/mol. The highest BCUT2D eigenvalue weighted by atomic mass is 16.7. The molecule has 0 spiro atoms. The van der Waals surface area contributed by atoms with Crippen molar-refractivity contribution in [1.29, 1.82) is 0 Å². The number of phenols is 1. The van der Waals surface area contributed by atoms with Gasteiger partial charge in [0, 0.05) is 32.3 Å². The number of ether oxygens (including phenoxy) is 7. The summed E-state index contributed by atoms with van der Waals surface area (Å²) in [5.41, 5.74) is 0.548. The second-order valence-corrected chi connectivity index (χ2v) is 14.3. The Balaban J connectivity index is 1.40. The van der Waals surface area contributed by atoms with Crippen molar-refractivity contribution in [3.8, 4) is 5.75 Å². The Kier molecular flexibility index (Phi) is 18.1. The molecule has 56 heavy (non-hydrogen) atoms. The van der Waals surface area contributed by atoms with Gasteiger partial charge in [0.25, 0.3) is 0 Å². The lowest BCUT2D eigenvalue weighted by Crippen LogP contribution is -2.63. The molecule has 0 saturated carbocycles. The average Bonchev–Trinajstić information content (AvgIpc) is 3.60. The fourth-order valence-electron chi connectivity index (χ4n) is 6.78. The molecule has 3 aliphatic rings. The van der Waals surface area contributed by atoms with Gasteiger partial charge in [-0.25, -0.2) is 4.79 Å². The van der Waals surface area contributed by atoms with E-state index in [1.54, 1.807) is 12.1 Å². The van der Waals surface area contributed by atoms with Crippen LogP contribution in [0.2, 0.25) is 0 Å². The molecule has 12 atom stereocenters. The maximum atomic E-state index is 13.1. The zero-order chi connectivity index (χ0) is 40.8. The van der Waals surface area contributed by atoms with E-state index >= 15 is 0 Å². The number of hydrogen-bond donors (Lipinski definition) is 6. The second kappa shape index (κ2) is 22.4. The molecule has 0 radical (unpaired) electrons. The number of Topliss-reactive ketones (excluding diaryl/α,β-unsaturated/α-hetero) is 1. The van der Waals surface area contributed by atoms with Crippen LogP contribution in [0.1, 0.15) is 90.0 Å². The van der Waals surface area contributed by atoms with Gasteiger partial charge in [-0.1, -0.05) is 25.5 Å². The third-order valence-corrected chi connectivity index (χ3v) is 9.96. The van der Waals surface area contributed by atoms with Crippen molar-refractivity contribution in [2.45, 2.75) is 158 Å². The van der Waals surface area contributed by atoms with Crippen molar-refractivity contribution in [3.63, 3.8) is 0 Å². The summed E-state index contributed by atoms with van der Waals surface area (Å²) in [6.45, 7) is 1.71. The largest absolute Gasteiger partial charge is 0.508 e. The number of aliphatic hydroxyl groups excluding tert-OH is 5. The van der Waals surface area contributed by atoms with Crippen LogP contribution in [0.4, 0.5) is 0 Å². The van der Waals surface area contributed by atoms with Gasteiger partial charge >= 0.3 is 17.9 Å². The Morgan fingerprint density at radius 3 is 2.21 bits per heavy atom. The highest BCUT2D eigenvalue weighted by Gasteiger charge is 2.52. The predicted octanol–water partition coefficient (Wildman–Crippen LogP) is 1.34. The molecule has 1 aromatic rings. The van der Waals surface area contributed by atoms with Crippen molar-refractivity contribution in [2.75, 3.05) is 13.2 Å². The number of phenolic OH excluding ortho intramolecular Hbond substituents is 1. The summed E-state index contributed by atoms with van der Waals surface area (Å²) in [6.07, 6.45) is -7.03. The molecule has 4 rings (SSSR count). The third-order valence-electron chi connectivity index (χ3n) is 9.96. The highest BCUT2D eigenvalue weighted by molar-refractivity contribution is 5.87. The Labute approximate surface area is 325 Å². The van der Waals surface area contributed by atoms with E-state index in [2.05, 4.69) is 0 Å². The molecular weight excluding hydrogens is 740 g/mol. The number of esters is 3. The number of ketones is 1. The van der Waals surface area contributed by atoms with E-state index < -0.39 is 92.7 Å². The maximum absolute atomic E-state index is 13.1. The van der Waals surface area contributed by atoms with E-state index in [0.717, 1.165) is 38.7 Å². The Morgan fingerprint density at radius 1 is 0.875 bits per heavy atom. The average molecular weight is 797 g/mol. The lowest BCUT2D eigenvalue weighted by atomic mass is 9.97. The maximum Gasteiger partial charge on any atom is 0.331 e. The van der Waals surface area contributed by atoms with Crippen LogP contribution in [-0.4, -0.2) is 141 Å². The lowest BCUT2D eigenvalue weighted by molar-refractivity contribution is -0.337. The van der Waals surface area contributed by atoms with Crippen molar-refractivity contribution in [2.24, 2.45) is 0 Å². The molecule has 2 unspecified atom stereocenters. The van der Waals surface area contributed by atoms with Crippen LogP contribution in [0.15, 0.2) is 30.3 Å². The van der Waals surface area contributed by atoms with Crippen LogP contribution in [0, 0.1) is 0 Å². The first-order valence-corrected chi connectivity index (χ1v) is 19.3.